The zero-order valence-electron chi connectivity index (χ0n) is 14.1. The van der Waals surface area contributed by atoms with Crippen LogP contribution in [-0.4, -0.2) is 39.5 Å². The summed E-state index contributed by atoms with van der Waals surface area (Å²) in [7, 11) is -3.24. The Bertz CT molecular complexity index is 583. The van der Waals surface area contributed by atoms with Crippen molar-refractivity contribution in [2.45, 2.75) is 51.7 Å². The number of hydrogen-bond acceptors (Lipinski definition) is 4. The lowest BCUT2D eigenvalue weighted by molar-refractivity contribution is -0.0279. The molecule has 5 nitrogen and oxygen atoms in total. The van der Waals surface area contributed by atoms with Crippen molar-refractivity contribution in [1.82, 2.24) is 4.72 Å². The molecule has 0 amide bonds. The maximum absolute atomic E-state index is 11.8. The molecule has 23 heavy (non-hydrogen) atoms. The number of hydrogen-bond donors (Lipinski definition) is 1. The molecular weight excluding hydrogens is 314 g/mol. The van der Waals surface area contributed by atoms with Crippen molar-refractivity contribution < 1.29 is 17.9 Å². The standard InChI is InChI=1S/C17H27NO4S/c1-4-23(19,20)18-16-6-5-11-21-17(16)12-22-15-9-7-14(8-10-15)13(2)3/h7-10,13,16-18H,4-6,11-12H2,1-3H3/t16-,17-/m1/s1. The van der Waals surface area contributed by atoms with Gasteiger partial charge in [0.2, 0.25) is 10.0 Å². The fraction of sp³-hybridized carbons (Fsp3) is 0.647. The highest BCUT2D eigenvalue weighted by Gasteiger charge is 2.29. The van der Waals surface area contributed by atoms with Gasteiger partial charge in [0, 0.05) is 6.61 Å². The summed E-state index contributed by atoms with van der Waals surface area (Å²) in [5.74, 6) is 1.34. The van der Waals surface area contributed by atoms with Gasteiger partial charge in [-0.05, 0) is 43.4 Å². The van der Waals surface area contributed by atoms with E-state index in [9.17, 15) is 8.42 Å². The molecule has 0 unspecified atom stereocenters. The van der Waals surface area contributed by atoms with Gasteiger partial charge >= 0.3 is 0 Å². The van der Waals surface area contributed by atoms with E-state index in [-0.39, 0.29) is 17.9 Å². The molecule has 0 bridgehead atoms. The van der Waals surface area contributed by atoms with Crippen molar-refractivity contribution in [3.8, 4) is 5.75 Å². The van der Waals surface area contributed by atoms with Crippen LogP contribution < -0.4 is 9.46 Å². The van der Waals surface area contributed by atoms with Crippen LogP contribution in [0.1, 0.15) is 45.1 Å². The van der Waals surface area contributed by atoms with Crippen molar-refractivity contribution >= 4 is 10.0 Å². The van der Waals surface area contributed by atoms with Gasteiger partial charge < -0.3 is 9.47 Å². The van der Waals surface area contributed by atoms with E-state index in [1.165, 1.54) is 5.56 Å². The normalized spacial score (nSPS) is 22.3. The summed E-state index contributed by atoms with van der Waals surface area (Å²) in [6, 6.07) is 7.79. The van der Waals surface area contributed by atoms with Crippen LogP contribution in [-0.2, 0) is 14.8 Å². The Balaban J connectivity index is 1.94. The molecule has 6 heteroatoms. The molecule has 1 heterocycles. The molecule has 1 aliphatic rings. The highest BCUT2D eigenvalue weighted by molar-refractivity contribution is 7.89. The van der Waals surface area contributed by atoms with Crippen molar-refractivity contribution in [2.24, 2.45) is 0 Å². The van der Waals surface area contributed by atoms with E-state index in [2.05, 4.69) is 30.7 Å². The maximum Gasteiger partial charge on any atom is 0.211 e. The Morgan fingerprint density at radius 2 is 2.00 bits per heavy atom. The van der Waals surface area contributed by atoms with E-state index in [1.807, 2.05) is 12.1 Å². The van der Waals surface area contributed by atoms with Gasteiger partial charge in [0.05, 0.1) is 11.8 Å². The second kappa shape index (κ2) is 8.13. The summed E-state index contributed by atoms with van der Waals surface area (Å²) >= 11 is 0. The van der Waals surface area contributed by atoms with Crippen molar-refractivity contribution in [3.63, 3.8) is 0 Å². The minimum atomic E-state index is -3.24. The molecule has 2 rings (SSSR count). The molecule has 1 aromatic carbocycles. The molecule has 130 valence electrons. The Morgan fingerprint density at radius 1 is 1.30 bits per heavy atom. The summed E-state index contributed by atoms with van der Waals surface area (Å²) < 4.78 is 37.8. The molecule has 1 N–H and O–H groups in total. The van der Waals surface area contributed by atoms with Gasteiger partial charge in [-0.3, -0.25) is 0 Å². The van der Waals surface area contributed by atoms with Crippen LogP contribution in [0.5, 0.6) is 5.75 Å². The minimum absolute atomic E-state index is 0.0771. The number of sulfonamides is 1. The lowest BCUT2D eigenvalue weighted by Crippen LogP contribution is -2.49. The van der Waals surface area contributed by atoms with Gasteiger partial charge in [-0.25, -0.2) is 13.1 Å². The fourth-order valence-corrected chi connectivity index (χ4v) is 3.48. The summed E-state index contributed by atoms with van der Waals surface area (Å²) in [6.45, 7) is 6.92. The summed E-state index contributed by atoms with van der Waals surface area (Å²) in [4.78, 5) is 0. The Morgan fingerprint density at radius 3 is 2.61 bits per heavy atom. The first-order chi connectivity index (χ1) is 10.9. The lowest BCUT2D eigenvalue weighted by atomic mass is 10.0. The van der Waals surface area contributed by atoms with E-state index in [0.29, 0.717) is 19.1 Å². The molecule has 0 aromatic heterocycles. The predicted octanol–water partition coefficient (Wildman–Crippen LogP) is 2.68. The number of ether oxygens (including phenoxy) is 2. The molecule has 0 spiro atoms. The molecule has 2 atom stereocenters. The number of nitrogens with one attached hydrogen (secondary N) is 1. The molecule has 0 radical (unpaired) electrons. The highest BCUT2D eigenvalue weighted by Crippen LogP contribution is 2.20. The molecule has 1 aromatic rings. The average molecular weight is 341 g/mol. The zero-order valence-corrected chi connectivity index (χ0v) is 14.9. The van der Waals surface area contributed by atoms with E-state index in [4.69, 9.17) is 9.47 Å². The van der Waals surface area contributed by atoms with Crippen LogP contribution in [0.4, 0.5) is 0 Å². The van der Waals surface area contributed by atoms with Crippen LogP contribution in [0, 0.1) is 0 Å². The van der Waals surface area contributed by atoms with Crippen molar-refractivity contribution in [3.05, 3.63) is 29.8 Å². The maximum atomic E-state index is 11.8. The van der Waals surface area contributed by atoms with Crippen molar-refractivity contribution in [2.75, 3.05) is 19.0 Å². The van der Waals surface area contributed by atoms with Gasteiger partial charge in [-0.2, -0.15) is 0 Å². The van der Waals surface area contributed by atoms with Gasteiger partial charge in [0.15, 0.2) is 0 Å². The molecular formula is C17H27NO4S. The van der Waals surface area contributed by atoms with Gasteiger partial charge in [-0.15, -0.1) is 0 Å². The summed E-state index contributed by atoms with van der Waals surface area (Å²) in [5.41, 5.74) is 1.26. The first kappa shape index (κ1) is 18.2. The first-order valence-electron chi connectivity index (χ1n) is 8.25. The number of rotatable bonds is 7. The average Bonchev–Trinajstić information content (AvgIpc) is 2.54. The third-order valence-corrected chi connectivity index (χ3v) is 5.53. The quantitative estimate of drug-likeness (QED) is 0.828. The summed E-state index contributed by atoms with van der Waals surface area (Å²) in [6.07, 6.45) is 1.38. The van der Waals surface area contributed by atoms with Crippen molar-refractivity contribution in [1.29, 1.82) is 0 Å². The summed E-state index contributed by atoms with van der Waals surface area (Å²) in [5, 5.41) is 0. The Kier molecular flexibility index (Phi) is 6.44. The zero-order chi connectivity index (χ0) is 16.9. The fourth-order valence-electron chi connectivity index (χ4n) is 2.58. The van der Waals surface area contributed by atoms with E-state index in [1.54, 1.807) is 6.92 Å². The second-order valence-corrected chi connectivity index (χ2v) is 8.26. The van der Waals surface area contributed by atoms with Crippen LogP contribution in [0.3, 0.4) is 0 Å². The SMILES string of the molecule is CCS(=O)(=O)N[C@@H]1CCCO[C@@H]1COc1ccc(C(C)C)cc1. The van der Waals surface area contributed by atoms with Gasteiger partial charge in [-0.1, -0.05) is 26.0 Å². The van der Waals surface area contributed by atoms with Crippen LogP contribution >= 0.6 is 0 Å². The van der Waals surface area contributed by atoms with E-state index < -0.39 is 10.0 Å². The monoisotopic (exact) mass is 341 g/mol. The van der Waals surface area contributed by atoms with E-state index in [0.717, 1.165) is 18.6 Å². The van der Waals surface area contributed by atoms with Crippen LogP contribution in [0.15, 0.2) is 24.3 Å². The largest absolute Gasteiger partial charge is 0.491 e. The third kappa shape index (κ3) is 5.48. The molecule has 1 saturated heterocycles. The molecule has 0 saturated carbocycles. The smallest absolute Gasteiger partial charge is 0.211 e. The second-order valence-electron chi connectivity index (χ2n) is 6.21. The lowest BCUT2D eigenvalue weighted by Gasteiger charge is -2.31. The Labute approximate surface area is 139 Å². The van der Waals surface area contributed by atoms with Crippen LogP contribution in [0.25, 0.3) is 0 Å². The number of benzene rings is 1. The topological polar surface area (TPSA) is 64.6 Å². The van der Waals surface area contributed by atoms with Crippen LogP contribution in [0.2, 0.25) is 0 Å². The van der Waals surface area contributed by atoms with Gasteiger partial charge in [0.1, 0.15) is 18.5 Å². The highest BCUT2D eigenvalue weighted by atomic mass is 32.2. The first-order valence-corrected chi connectivity index (χ1v) is 9.91. The predicted molar refractivity (Wildman–Crippen MR) is 91.4 cm³/mol. The minimum Gasteiger partial charge on any atom is -0.491 e. The van der Waals surface area contributed by atoms with Gasteiger partial charge in [0.25, 0.3) is 0 Å². The van der Waals surface area contributed by atoms with E-state index >= 15 is 0 Å². The third-order valence-electron chi connectivity index (χ3n) is 4.11. The molecule has 1 fully saturated rings. The molecule has 0 aliphatic carbocycles. The Hall–Kier alpha value is -1.11. The molecule has 1 aliphatic heterocycles.